The molecule has 0 aliphatic rings. The number of pyridine rings is 1. The molecule has 6 heteroatoms. The second kappa shape index (κ2) is 5.09. The summed E-state index contributed by atoms with van der Waals surface area (Å²) in [7, 11) is 0. The fraction of sp³-hybridized carbons (Fsp3) is 0.100. The first kappa shape index (κ1) is 11.1. The molecule has 0 fully saturated rings. The van der Waals surface area contributed by atoms with Gasteiger partial charge in [0.1, 0.15) is 18.1 Å². The van der Waals surface area contributed by atoms with Crippen LogP contribution < -0.4 is 4.74 Å². The fourth-order valence-electron chi connectivity index (χ4n) is 1.05. The molecule has 0 spiro atoms. The highest BCUT2D eigenvalue weighted by atomic mass is 35.5. The predicted octanol–water partition coefficient (Wildman–Crippen LogP) is 2.76. The molecule has 82 valence electrons. The van der Waals surface area contributed by atoms with Crippen molar-refractivity contribution in [1.82, 2.24) is 15.2 Å². The van der Waals surface area contributed by atoms with Crippen LogP contribution in [-0.2, 0) is 6.61 Å². The topological polar surface area (TPSA) is 47.9 Å². The van der Waals surface area contributed by atoms with Crippen LogP contribution in [-0.4, -0.2) is 15.2 Å². The van der Waals surface area contributed by atoms with Gasteiger partial charge in [-0.25, -0.2) is 0 Å². The van der Waals surface area contributed by atoms with E-state index in [-0.39, 0.29) is 0 Å². The van der Waals surface area contributed by atoms with Gasteiger partial charge in [-0.2, -0.15) is 5.10 Å². The van der Waals surface area contributed by atoms with Crippen molar-refractivity contribution in [3.8, 4) is 5.75 Å². The largest absolute Gasteiger partial charge is 0.486 e. The summed E-state index contributed by atoms with van der Waals surface area (Å²) in [6, 6.07) is 5.08. The van der Waals surface area contributed by atoms with Gasteiger partial charge in [-0.3, -0.25) is 4.98 Å². The Balaban J connectivity index is 1.99. The van der Waals surface area contributed by atoms with Crippen LogP contribution in [0, 0.1) is 0 Å². The minimum Gasteiger partial charge on any atom is -0.486 e. The standard InChI is InChI=1S/C10H7Cl2N3O/c11-7-3-9(5-13-4-7)16-6-8-1-2-10(12)15-14-8/h1-5H,6H2. The Morgan fingerprint density at radius 1 is 1.12 bits per heavy atom. The van der Waals surface area contributed by atoms with Gasteiger partial charge in [-0.15, -0.1) is 5.10 Å². The number of hydrogen-bond donors (Lipinski definition) is 0. The lowest BCUT2D eigenvalue weighted by atomic mass is 10.4. The van der Waals surface area contributed by atoms with Gasteiger partial charge in [0.25, 0.3) is 0 Å². The van der Waals surface area contributed by atoms with Crippen LogP contribution in [0.2, 0.25) is 10.2 Å². The quantitative estimate of drug-likeness (QED) is 0.847. The number of halogens is 2. The zero-order chi connectivity index (χ0) is 11.4. The number of nitrogens with zero attached hydrogens (tertiary/aromatic N) is 3. The molecule has 0 saturated carbocycles. The molecule has 0 aliphatic carbocycles. The normalized spacial score (nSPS) is 10.1. The Kier molecular flexibility index (Phi) is 3.54. The Bertz CT molecular complexity index is 476. The average Bonchev–Trinajstić information content (AvgIpc) is 2.28. The maximum Gasteiger partial charge on any atom is 0.151 e. The number of ether oxygens (including phenoxy) is 1. The van der Waals surface area contributed by atoms with E-state index in [4.69, 9.17) is 27.9 Å². The van der Waals surface area contributed by atoms with Crippen LogP contribution in [0.5, 0.6) is 5.75 Å². The number of hydrogen-bond acceptors (Lipinski definition) is 4. The summed E-state index contributed by atoms with van der Waals surface area (Å²) in [6.07, 6.45) is 3.12. The van der Waals surface area contributed by atoms with Crippen molar-refractivity contribution < 1.29 is 4.74 Å². The highest BCUT2D eigenvalue weighted by molar-refractivity contribution is 6.30. The smallest absolute Gasteiger partial charge is 0.151 e. The summed E-state index contributed by atoms with van der Waals surface area (Å²) in [4.78, 5) is 3.90. The van der Waals surface area contributed by atoms with Crippen LogP contribution in [0.15, 0.2) is 30.6 Å². The molecule has 0 aliphatic heterocycles. The Labute approximate surface area is 102 Å². The van der Waals surface area contributed by atoms with Gasteiger partial charge >= 0.3 is 0 Å². The average molecular weight is 256 g/mol. The van der Waals surface area contributed by atoms with Crippen molar-refractivity contribution in [2.75, 3.05) is 0 Å². The lowest BCUT2D eigenvalue weighted by molar-refractivity contribution is 0.298. The third-order valence-electron chi connectivity index (χ3n) is 1.75. The van der Waals surface area contributed by atoms with Gasteiger partial charge in [0, 0.05) is 12.3 Å². The summed E-state index contributed by atoms with van der Waals surface area (Å²) in [5, 5.41) is 8.44. The summed E-state index contributed by atoms with van der Waals surface area (Å²) in [5.41, 5.74) is 0.685. The second-order valence-corrected chi connectivity index (χ2v) is 3.80. The highest BCUT2D eigenvalue weighted by Gasteiger charge is 1.99. The van der Waals surface area contributed by atoms with E-state index in [0.717, 1.165) is 0 Å². The zero-order valence-electron chi connectivity index (χ0n) is 8.10. The number of aromatic nitrogens is 3. The highest BCUT2D eigenvalue weighted by Crippen LogP contribution is 2.16. The molecule has 2 heterocycles. The van der Waals surface area contributed by atoms with E-state index in [9.17, 15) is 0 Å². The monoisotopic (exact) mass is 255 g/mol. The minimum atomic E-state index is 0.298. The molecule has 0 radical (unpaired) electrons. The molecule has 0 bridgehead atoms. The Morgan fingerprint density at radius 2 is 2.00 bits per heavy atom. The summed E-state index contributed by atoms with van der Waals surface area (Å²) in [5.74, 6) is 0.587. The first-order valence-corrected chi connectivity index (χ1v) is 5.21. The molecule has 2 rings (SSSR count). The van der Waals surface area contributed by atoms with Gasteiger partial charge in [0.2, 0.25) is 0 Å². The molecular weight excluding hydrogens is 249 g/mol. The zero-order valence-corrected chi connectivity index (χ0v) is 9.61. The third kappa shape index (κ3) is 3.05. The molecule has 0 unspecified atom stereocenters. The molecule has 0 N–H and O–H groups in total. The van der Waals surface area contributed by atoms with Crippen molar-refractivity contribution >= 4 is 23.2 Å². The minimum absolute atomic E-state index is 0.298. The maximum atomic E-state index is 5.76. The molecule has 4 nitrogen and oxygen atoms in total. The Morgan fingerprint density at radius 3 is 2.69 bits per heavy atom. The summed E-state index contributed by atoms with van der Waals surface area (Å²) < 4.78 is 5.42. The van der Waals surface area contributed by atoms with Gasteiger partial charge in [0.15, 0.2) is 5.15 Å². The Hall–Kier alpha value is -1.39. The molecule has 0 amide bonds. The van der Waals surface area contributed by atoms with Gasteiger partial charge < -0.3 is 4.74 Å². The molecule has 0 aromatic carbocycles. The van der Waals surface area contributed by atoms with E-state index in [1.165, 1.54) is 6.20 Å². The maximum absolute atomic E-state index is 5.76. The van der Waals surface area contributed by atoms with E-state index in [2.05, 4.69) is 15.2 Å². The van der Waals surface area contributed by atoms with E-state index in [1.54, 1.807) is 24.4 Å². The predicted molar refractivity (Wildman–Crippen MR) is 60.6 cm³/mol. The van der Waals surface area contributed by atoms with E-state index >= 15 is 0 Å². The van der Waals surface area contributed by atoms with Crippen molar-refractivity contribution in [2.24, 2.45) is 0 Å². The number of rotatable bonds is 3. The SMILES string of the molecule is Clc1cncc(OCc2ccc(Cl)nn2)c1. The van der Waals surface area contributed by atoms with Crippen molar-refractivity contribution in [3.63, 3.8) is 0 Å². The van der Waals surface area contributed by atoms with Crippen molar-refractivity contribution in [2.45, 2.75) is 6.61 Å². The van der Waals surface area contributed by atoms with Crippen LogP contribution in [0.25, 0.3) is 0 Å². The first-order valence-electron chi connectivity index (χ1n) is 4.45. The van der Waals surface area contributed by atoms with Crippen molar-refractivity contribution in [1.29, 1.82) is 0 Å². The van der Waals surface area contributed by atoms with E-state index in [0.29, 0.717) is 28.2 Å². The lowest BCUT2D eigenvalue weighted by Gasteiger charge is -2.04. The van der Waals surface area contributed by atoms with E-state index < -0.39 is 0 Å². The third-order valence-corrected chi connectivity index (χ3v) is 2.16. The molecule has 2 aromatic heterocycles. The van der Waals surface area contributed by atoms with Crippen molar-refractivity contribution in [3.05, 3.63) is 46.5 Å². The molecule has 0 saturated heterocycles. The van der Waals surface area contributed by atoms with Gasteiger partial charge in [-0.05, 0) is 12.1 Å². The van der Waals surface area contributed by atoms with Gasteiger partial charge in [-0.1, -0.05) is 23.2 Å². The van der Waals surface area contributed by atoms with Crippen LogP contribution in [0.1, 0.15) is 5.69 Å². The van der Waals surface area contributed by atoms with Crippen LogP contribution in [0.3, 0.4) is 0 Å². The first-order chi connectivity index (χ1) is 7.74. The second-order valence-electron chi connectivity index (χ2n) is 2.97. The van der Waals surface area contributed by atoms with Crippen LogP contribution >= 0.6 is 23.2 Å². The summed E-state index contributed by atoms with van der Waals surface area (Å²) in [6.45, 7) is 0.298. The van der Waals surface area contributed by atoms with E-state index in [1.807, 2.05) is 0 Å². The lowest BCUT2D eigenvalue weighted by Crippen LogP contribution is -1.99. The van der Waals surface area contributed by atoms with Gasteiger partial charge in [0.05, 0.1) is 11.2 Å². The molecule has 16 heavy (non-hydrogen) atoms. The molecule has 2 aromatic rings. The summed E-state index contributed by atoms with van der Waals surface area (Å²) >= 11 is 11.4. The van der Waals surface area contributed by atoms with Crippen LogP contribution in [0.4, 0.5) is 0 Å². The fourth-order valence-corrected chi connectivity index (χ4v) is 1.31. The molecule has 0 atom stereocenters. The molecular formula is C10H7Cl2N3O.